The lowest BCUT2D eigenvalue weighted by atomic mass is 10.1. The van der Waals surface area contributed by atoms with Crippen LogP contribution in [-0.2, 0) is 0 Å². The highest BCUT2D eigenvalue weighted by Gasteiger charge is 2.17. The Bertz CT molecular complexity index is 1110. The molecule has 0 spiro atoms. The van der Waals surface area contributed by atoms with Gasteiger partial charge in [0.1, 0.15) is 44.6 Å². The third-order valence-electron chi connectivity index (χ3n) is 4.92. The fourth-order valence-corrected chi connectivity index (χ4v) is 3.80. The lowest BCUT2D eigenvalue weighted by molar-refractivity contribution is 0.394. The van der Waals surface area contributed by atoms with Crippen LogP contribution in [0.1, 0.15) is 0 Å². The van der Waals surface area contributed by atoms with Gasteiger partial charge >= 0.3 is 0 Å². The van der Waals surface area contributed by atoms with Crippen molar-refractivity contribution in [3.05, 3.63) is 58.6 Å². The molecule has 32 heavy (non-hydrogen) atoms. The van der Waals surface area contributed by atoms with Gasteiger partial charge in [0.2, 0.25) is 0 Å². The molecule has 0 aliphatic carbocycles. The standard InChI is InChI=1S/C24H20Cl2O6/c1-27-19-9-13(10-20(28-2)23(19)25)15-5-7-17(31-15)18-8-6-16(32-18)14-11-21(29-3)24(26)22(12-14)30-4/h5-12H,1-4H3. The molecule has 0 atom stereocenters. The van der Waals surface area contributed by atoms with E-state index in [-0.39, 0.29) is 0 Å². The molecule has 0 N–H and O–H groups in total. The van der Waals surface area contributed by atoms with Gasteiger partial charge in [-0.15, -0.1) is 0 Å². The highest BCUT2D eigenvalue weighted by Crippen LogP contribution is 2.42. The van der Waals surface area contributed by atoms with Crippen molar-refractivity contribution in [3.63, 3.8) is 0 Å². The van der Waals surface area contributed by atoms with Crippen LogP contribution in [0.25, 0.3) is 34.2 Å². The van der Waals surface area contributed by atoms with Gasteiger partial charge in [-0.1, -0.05) is 23.2 Å². The summed E-state index contributed by atoms with van der Waals surface area (Å²) in [5.41, 5.74) is 1.52. The number of ether oxygens (including phenoxy) is 4. The van der Waals surface area contributed by atoms with E-state index in [0.717, 1.165) is 11.1 Å². The Labute approximate surface area is 195 Å². The zero-order chi connectivity index (χ0) is 22.8. The van der Waals surface area contributed by atoms with Crippen molar-refractivity contribution in [1.82, 2.24) is 0 Å². The molecule has 0 bridgehead atoms. The molecule has 0 amide bonds. The number of hydrogen-bond donors (Lipinski definition) is 0. The Balaban J connectivity index is 1.68. The minimum absolute atomic E-state index is 0.398. The van der Waals surface area contributed by atoms with Gasteiger partial charge in [0.05, 0.1) is 28.4 Å². The van der Waals surface area contributed by atoms with Gasteiger partial charge in [0.15, 0.2) is 11.5 Å². The van der Waals surface area contributed by atoms with Gasteiger partial charge in [-0.25, -0.2) is 0 Å². The Kier molecular flexibility index (Phi) is 6.26. The van der Waals surface area contributed by atoms with Crippen molar-refractivity contribution in [3.8, 4) is 57.2 Å². The first-order valence-corrected chi connectivity index (χ1v) is 10.3. The highest BCUT2D eigenvalue weighted by atomic mass is 35.5. The van der Waals surface area contributed by atoms with Crippen molar-refractivity contribution in [2.24, 2.45) is 0 Å². The van der Waals surface area contributed by atoms with Crippen molar-refractivity contribution in [2.75, 3.05) is 28.4 Å². The van der Waals surface area contributed by atoms with Gasteiger partial charge in [-0.2, -0.15) is 0 Å². The van der Waals surface area contributed by atoms with Crippen LogP contribution in [0.2, 0.25) is 10.0 Å². The van der Waals surface area contributed by atoms with Crippen molar-refractivity contribution in [2.45, 2.75) is 0 Å². The van der Waals surface area contributed by atoms with Crippen LogP contribution in [0.4, 0.5) is 0 Å². The van der Waals surface area contributed by atoms with E-state index in [2.05, 4.69) is 0 Å². The molecule has 0 aliphatic rings. The summed E-state index contributed by atoms with van der Waals surface area (Å²) in [6.07, 6.45) is 0. The van der Waals surface area contributed by atoms with Gasteiger partial charge in [0.25, 0.3) is 0 Å². The summed E-state index contributed by atoms with van der Waals surface area (Å²) in [6, 6.07) is 14.5. The van der Waals surface area contributed by atoms with E-state index in [1.165, 1.54) is 0 Å². The molecule has 166 valence electrons. The van der Waals surface area contributed by atoms with Crippen LogP contribution in [0.3, 0.4) is 0 Å². The number of rotatable bonds is 7. The van der Waals surface area contributed by atoms with E-state index >= 15 is 0 Å². The second kappa shape index (κ2) is 9.10. The van der Waals surface area contributed by atoms with Gasteiger partial charge < -0.3 is 27.8 Å². The summed E-state index contributed by atoms with van der Waals surface area (Å²) >= 11 is 12.5. The van der Waals surface area contributed by atoms with Crippen molar-refractivity contribution < 1.29 is 27.8 Å². The Hall–Kier alpha value is -3.22. The van der Waals surface area contributed by atoms with Crippen LogP contribution in [0.15, 0.2) is 57.4 Å². The third-order valence-corrected chi connectivity index (χ3v) is 5.66. The molecular weight excluding hydrogens is 455 g/mol. The van der Waals surface area contributed by atoms with E-state index in [9.17, 15) is 0 Å². The topological polar surface area (TPSA) is 63.2 Å². The number of hydrogen-bond acceptors (Lipinski definition) is 6. The van der Waals surface area contributed by atoms with Gasteiger partial charge in [-0.05, 0) is 48.5 Å². The van der Waals surface area contributed by atoms with Crippen molar-refractivity contribution in [1.29, 1.82) is 0 Å². The molecule has 0 fully saturated rings. The Morgan fingerprint density at radius 1 is 0.500 bits per heavy atom. The Morgan fingerprint density at radius 2 is 0.781 bits per heavy atom. The van der Waals surface area contributed by atoms with Crippen LogP contribution in [0, 0.1) is 0 Å². The fourth-order valence-electron chi connectivity index (χ4n) is 3.27. The molecule has 0 aliphatic heterocycles. The number of halogens is 2. The first kappa shape index (κ1) is 22.0. The minimum atomic E-state index is 0.398. The molecular formula is C24H20Cl2O6. The third kappa shape index (κ3) is 3.99. The molecule has 4 aromatic rings. The number of benzene rings is 2. The van der Waals surface area contributed by atoms with E-state index in [4.69, 9.17) is 51.0 Å². The molecule has 2 aromatic carbocycles. The van der Waals surface area contributed by atoms with Crippen molar-refractivity contribution >= 4 is 23.2 Å². The quantitative estimate of drug-likeness (QED) is 0.281. The molecule has 2 heterocycles. The predicted molar refractivity (Wildman–Crippen MR) is 124 cm³/mol. The molecule has 4 rings (SSSR count). The monoisotopic (exact) mass is 474 g/mol. The normalized spacial score (nSPS) is 10.8. The zero-order valence-electron chi connectivity index (χ0n) is 17.8. The molecule has 2 aromatic heterocycles. The predicted octanol–water partition coefficient (Wildman–Crippen LogP) is 7.21. The van der Waals surface area contributed by atoms with Crippen LogP contribution >= 0.6 is 23.2 Å². The molecule has 0 saturated heterocycles. The molecule has 0 unspecified atom stereocenters. The van der Waals surface area contributed by atoms with E-state index < -0.39 is 0 Å². The minimum Gasteiger partial charge on any atom is -0.495 e. The van der Waals surface area contributed by atoms with Crippen LogP contribution < -0.4 is 18.9 Å². The van der Waals surface area contributed by atoms with Crippen LogP contribution in [-0.4, -0.2) is 28.4 Å². The van der Waals surface area contributed by atoms with Gasteiger partial charge in [-0.3, -0.25) is 0 Å². The SMILES string of the molecule is COc1cc(-c2ccc(-c3ccc(-c4cc(OC)c(Cl)c(OC)c4)o3)o2)cc(OC)c1Cl. The van der Waals surface area contributed by atoms with E-state index in [1.54, 1.807) is 52.7 Å². The summed E-state index contributed by atoms with van der Waals surface area (Å²) < 4.78 is 33.4. The number of furan rings is 2. The highest BCUT2D eigenvalue weighted by molar-refractivity contribution is 6.34. The first-order chi connectivity index (χ1) is 15.5. The zero-order valence-corrected chi connectivity index (χ0v) is 19.3. The van der Waals surface area contributed by atoms with E-state index in [1.807, 2.05) is 24.3 Å². The summed E-state index contributed by atoms with van der Waals surface area (Å²) in [7, 11) is 6.18. The smallest absolute Gasteiger partial charge is 0.170 e. The average molecular weight is 475 g/mol. The van der Waals surface area contributed by atoms with Crippen LogP contribution in [0.5, 0.6) is 23.0 Å². The lowest BCUT2D eigenvalue weighted by Crippen LogP contribution is -1.90. The lowest BCUT2D eigenvalue weighted by Gasteiger charge is -2.10. The fraction of sp³-hybridized carbons (Fsp3) is 0.167. The first-order valence-electron chi connectivity index (χ1n) is 9.52. The summed E-state index contributed by atoms with van der Waals surface area (Å²) in [5, 5.41) is 0.796. The second-order valence-corrected chi connectivity index (χ2v) is 7.47. The maximum Gasteiger partial charge on any atom is 0.170 e. The largest absolute Gasteiger partial charge is 0.495 e. The number of methoxy groups -OCH3 is 4. The average Bonchev–Trinajstić information content (AvgIpc) is 3.49. The maximum absolute atomic E-state index is 6.26. The van der Waals surface area contributed by atoms with E-state index in [0.29, 0.717) is 56.1 Å². The summed E-state index contributed by atoms with van der Waals surface area (Å²) in [6.45, 7) is 0. The molecule has 8 heteroatoms. The summed E-state index contributed by atoms with van der Waals surface area (Å²) in [4.78, 5) is 0. The molecule has 6 nitrogen and oxygen atoms in total. The maximum atomic E-state index is 6.26. The molecule has 0 radical (unpaired) electrons. The van der Waals surface area contributed by atoms with Gasteiger partial charge in [0, 0.05) is 11.1 Å². The second-order valence-electron chi connectivity index (χ2n) is 6.72. The molecule has 0 saturated carbocycles. The summed E-state index contributed by atoms with van der Waals surface area (Å²) in [5.74, 6) is 4.31. The Morgan fingerprint density at radius 3 is 1.06 bits per heavy atom.